The van der Waals surface area contributed by atoms with Crippen molar-refractivity contribution in [2.75, 3.05) is 20.3 Å². The van der Waals surface area contributed by atoms with E-state index in [0.717, 1.165) is 29.7 Å². The van der Waals surface area contributed by atoms with Crippen molar-refractivity contribution < 1.29 is 19.1 Å². The van der Waals surface area contributed by atoms with Crippen LogP contribution >= 0.6 is 11.6 Å². The molecule has 0 fully saturated rings. The standard InChI is InChI=1S/C31H37ClN2O4/c1-3-4-20-33-31(36)29(22-24-11-6-5-7-12-24)34(23-25-13-8-9-14-28(25)32)30(35)15-10-21-38-27-18-16-26(37-2)17-19-27/h5-9,11-14,16-19,29H,3-4,10,15,20-23H2,1-2H3,(H,33,36)/t29-/m0/s1. The summed E-state index contributed by atoms with van der Waals surface area (Å²) in [5, 5.41) is 3.60. The van der Waals surface area contributed by atoms with Crippen molar-refractivity contribution in [3.8, 4) is 11.5 Å². The Bertz CT molecular complexity index is 1140. The number of carbonyl (C=O) groups is 2. The third kappa shape index (κ3) is 9.10. The molecule has 3 rings (SSSR count). The molecule has 0 aliphatic carbocycles. The summed E-state index contributed by atoms with van der Waals surface area (Å²) in [5.74, 6) is 1.19. The summed E-state index contributed by atoms with van der Waals surface area (Å²) in [4.78, 5) is 28.8. The Balaban J connectivity index is 1.76. The Morgan fingerprint density at radius 3 is 2.29 bits per heavy atom. The zero-order valence-electron chi connectivity index (χ0n) is 22.2. The highest BCUT2D eigenvalue weighted by Crippen LogP contribution is 2.22. The van der Waals surface area contributed by atoms with Crippen LogP contribution in [0.1, 0.15) is 43.7 Å². The predicted molar refractivity (Wildman–Crippen MR) is 152 cm³/mol. The largest absolute Gasteiger partial charge is 0.497 e. The first-order chi connectivity index (χ1) is 18.5. The van der Waals surface area contributed by atoms with Gasteiger partial charge in [-0.25, -0.2) is 0 Å². The molecule has 1 N–H and O–H groups in total. The number of carbonyl (C=O) groups excluding carboxylic acids is 2. The van der Waals surface area contributed by atoms with E-state index in [4.69, 9.17) is 21.1 Å². The molecular formula is C31H37ClN2O4. The lowest BCUT2D eigenvalue weighted by atomic mass is 10.0. The van der Waals surface area contributed by atoms with Gasteiger partial charge in [0.2, 0.25) is 11.8 Å². The lowest BCUT2D eigenvalue weighted by Gasteiger charge is -2.32. The highest BCUT2D eigenvalue weighted by molar-refractivity contribution is 6.31. The third-order valence-electron chi connectivity index (χ3n) is 6.26. The fraction of sp³-hybridized carbons (Fsp3) is 0.355. The molecule has 6 nitrogen and oxygen atoms in total. The van der Waals surface area contributed by atoms with Crippen LogP contribution in [0.25, 0.3) is 0 Å². The maximum absolute atomic E-state index is 13.7. The number of methoxy groups -OCH3 is 1. The Hall–Kier alpha value is -3.51. The summed E-state index contributed by atoms with van der Waals surface area (Å²) in [6.45, 7) is 3.28. The molecule has 202 valence electrons. The van der Waals surface area contributed by atoms with Gasteiger partial charge in [-0.3, -0.25) is 9.59 Å². The Kier molecular flexibility index (Phi) is 12.0. The van der Waals surface area contributed by atoms with Gasteiger partial charge in [0.25, 0.3) is 0 Å². The van der Waals surface area contributed by atoms with Crippen LogP contribution < -0.4 is 14.8 Å². The van der Waals surface area contributed by atoms with Crippen LogP contribution in [-0.2, 0) is 22.6 Å². The molecule has 1 atom stereocenters. The van der Waals surface area contributed by atoms with Crippen LogP contribution in [0.5, 0.6) is 11.5 Å². The fourth-order valence-electron chi connectivity index (χ4n) is 4.10. The van der Waals surface area contributed by atoms with Crippen molar-refractivity contribution in [2.45, 2.75) is 51.6 Å². The van der Waals surface area contributed by atoms with Crippen molar-refractivity contribution in [1.82, 2.24) is 10.2 Å². The summed E-state index contributed by atoms with van der Waals surface area (Å²) in [5.41, 5.74) is 1.79. The van der Waals surface area contributed by atoms with E-state index in [9.17, 15) is 9.59 Å². The van der Waals surface area contributed by atoms with Crippen molar-refractivity contribution in [2.24, 2.45) is 0 Å². The first kappa shape index (κ1) is 29.1. The number of nitrogens with one attached hydrogen (secondary N) is 1. The second kappa shape index (κ2) is 15.7. The number of rotatable bonds is 15. The minimum absolute atomic E-state index is 0.116. The molecule has 0 heterocycles. The van der Waals surface area contributed by atoms with Crippen LogP contribution in [-0.4, -0.2) is 43.0 Å². The minimum Gasteiger partial charge on any atom is -0.497 e. The summed E-state index contributed by atoms with van der Waals surface area (Å²) in [6, 6.07) is 23.9. The number of hydrogen-bond donors (Lipinski definition) is 1. The van der Waals surface area contributed by atoms with Gasteiger partial charge in [0.15, 0.2) is 0 Å². The third-order valence-corrected chi connectivity index (χ3v) is 6.63. The molecule has 3 aromatic carbocycles. The molecule has 0 aliphatic heterocycles. The maximum atomic E-state index is 13.7. The normalized spacial score (nSPS) is 11.4. The van der Waals surface area contributed by atoms with E-state index in [0.29, 0.717) is 36.8 Å². The van der Waals surface area contributed by atoms with Crippen molar-refractivity contribution >= 4 is 23.4 Å². The van der Waals surface area contributed by atoms with Crippen molar-refractivity contribution in [3.63, 3.8) is 0 Å². The Morgan fingerprint density at radius 2 is 1.61 bits per heavy atom. The van der Waals surface area contributed by atoms with Gasteiger partial charge in [-0.15, -0.1) is 0 Å². The predicted octanol–water partition coefficient (Wildman–Crippen LogP) is 6.06. The number of unbranched alkanes of at least 4 members (excludes halogenated alkanes) is 1. The SMILES string of the molecule is CCCCNC(=O)[C@H](Cc1ccccc1)N(Cc1ccccc1Cl)C(=O)CCCOc1ccc(OC)cc1. The molecule has 0 aromatic heterocycles. The number of halogens is 1. The molecule has 0 unspecified atom stereocenters. The summed E-state index contributed by atoms with van der Waals surface area (Å²) in [7, 11) is 1.62. The first-order valence-electron chi connectivity index (χ1n) is 13.1. The van der Waals surface area contributed by atoms with E-state index >= 15 is 0 Å². The lowest BCUT2D eigenvalue weighted by Crippen LogP contribution is -2.50. The van der Waals surface area contributed by atoms with E-state index in [1.807, 2.05) is 72.8 Å². The topological polar surface area (TPSA) is 67.9 Å². The number of ether oxygens (including phenoxy) is 2. The van der Waals surface area contributed by atoms with Gasteiger partial charge < -0.3 is 19.7 Å². The first-order valence-corrected chi connectivity index (χ1v) is 13.5. The Morgan fingerprint density at radius 1 is 0.921 bits per heavy atom. The van der Waals surface area contributed by atoms with Crippen LogP contribution in [0, 0.1) is 0 Å². The van der Waals surface area contributed by atoms with Gasteiger partial charge in [-0.05, 0) is 54.3 Å². The fourth-order valence-corrected chi connectivity index (χ4v) is 4.29. The van der Waals surface area contributed by atoms with E-state index in [1.54, 1.807) is 18.1 Å². The smallest absolute Gasteiger partial charge is 0.243 e. The zero-order valence-corrected chi connectivity index (χ0v) is 23.0. The monoisotopic (exact) mass is 536 g/mol. The van der Waals surface area contributed by atoms with Crippen LogP contribution in [0.4, 0.5) is 0 Å². The van der Waals surface area contributed by atoms with E-state index in [1.165, 1.54) is 0 Å². The highest BCUT2D eigenvalue weighted by Gasteiger charge is 2.30. The summed E-state index contributed by atoms with van der Waals surface area (Å²) in [6.07, 6.45) is 3.02. The quantitative estimate of drug-likeness (QED) is 0.240. The molecule has 0 spiro atoms. The van der Waals surface area contributed by atoms with Crippen molar-refractivity contribution in [3.05, 3.63) is 95.0 Å². The van der Waals surface area contributed by atoms with Gasteiger partial charge in [-0.2, -0.15) is 0 Å². The average molecular weight is 537 g/mol. The summed E-state index contributed by atoms with van der Waals surface area (Å²) < 4.78 is 11.0. The second-order valence-corrected chi connectivity index (χ2v) is 9.50. The van der Waals surface area contributed by atoms with Gasteiger partial charge in [0, 0.05) is 31.0 Å². The molecule has 0 saturated heterocycles. The molecule has 7 heteroatoms. The molecule has 0 aliphatic rings. The van der Waals surface area contributed by atoms with E-state index < -0.39 is 6.04 Å². The zero-order chi connectivity index (χ0) is 27.2. The summed E-state index contributed by atoms with van der Waals surface area (Å²) >= 11 is 6.47. The second-order valence-electron chi connectivity index (χ2n) is 9.09. The van der Waals surface area contributed by atoms with Gasteiger partial charge in [0.05, 0.1) is 13.7 Å². The number of hydrogen-bond acceptors (Lipinski definition) is 4. The highest BCUT2D eigenvalue weighted by atomic mass is 35.5. The molecule has 0 bridgehead atoms. The molecule has 0 radical (unpaired) electrons. The van der Waals surface area contributed by atoms with E-state index in [-0.39, 0.29) is 24.8 Å². The molecular weight excluding hydrogens is 500 g/mol. The lowest BCUT2D eigenvalue weighted by molar-refractivity contribution is -0.141. The van der Waals surface area contributed by atoms with Gasteiger partial charge >= 0.3 is 0 Å². The molecule has 3 aromatic rings. The molecule has 0 saturated carbocycles. The number of nitrogens with zero attached hydrogens (tertiary/aromatic N) is 1. The van der Waals surface area contributed by atoms with Crippen LogP contribution in [0.15, 0.2) is 78.9 Å². The van der Waals surface area contributed by atoms with E-state index in [2.05, 4.69) is 12.2 Å². The number of amides is 2. The van der Waals surface area contributed by atoms with Gasteiger partial charge in [-0.1, -0.05) is 73.5 Å². The molecule has 2 amide bonds. The average Bonchev–Trinajstić information content (AvgIpc) is 2.94. The minimum atomic E-state index is -0.666. The maximum Gasteiger partial charge on any atom is 0.243 e. The number of benzene rings is 3. The van der Waals surface area contributed by atoms with Crippen molar-refractivity contribution in [1.29, 1.82) is 0 Å². The molecule has 38 heavy (non-hydrogen) atoms. The van der Waals surface area contributed by atoms with Crippen LogP contribution in [0.3, 0.4) is 0 Å². The van der Waals surface area contributed by atoms with Crippen LogP contribution in [0.2, 0.25) is 5.02 Å². The Labute approximate surface area is 230 Å². The van der Waals surface area contributed by atoms with Gasteiger partial charge in [0.1, 0.15) is 17.5 Å².